The Balaban J connectivity index is 1.76. The van der Waals surface area contributed by atoms with E-state index in [1.807, 2.05) is 56.3 Å². The van der Waals surface area contributed by atoms with E-state index in [1.165, 1.54) is 4.31 Å². The van der Waals surface area contributed by atoms with E-state index in [4.69, 9.17) is 9.72 Å². The highest BCUT2D eigenvalue weighted by Crippen LogP contribution is 2.33. The first kappa shape index (κ1) is 27.6. The summed E-state index contributed by atoms with van der Waals surface area (Å²) in [5, 5.41) is 1.20. The minimum absolute atomic E-state index is 0.117. The number of nitrogens with zero attached hydrogens (tertiary/aromatic N) is 4. The zero-order valence-corrected chi connectivity index (χ0v) is 23.6. The fraction of sp³-hybridized carbons (Fsp3) is 0.258. The Morgan fingerprint density at radius 3 is 2.48 bits per heavy atom. The van der Waals surface area contributed by atoms with Gasteiger partial charge in [0.15, 0.2) is 0 Å². The normalized spacial score (nSPS) is 12.8. The zero-order chi connectivity index (χ0) is 28.3. The van der Waals surface area contributed by atoms with Crippen LogP contribution < -0.4 is 5.56 Å². The Hall–Kier alpha value is -3.92. The summed E-state index contributed by atoms with van der Waals surface area (Å²) in [6.07, 6.45) is 2.45. The van der Waals surface area contributed by atoms with E-state index in [0.29, 0.717) is 47.4 Å². The zero-order valence-electron chi connectivity index (χ0n) is 22.8. The van der Waals surface area contributed by atoms with Crippen LogP contribution in [0.3, 0.4) is 0 Å². The van der Waals surface area contributed by atoms with Crippen LogP contribution in [0.5, 0.6) is 0 Å². The van der Waals surface area contributed by atoms with E-state index < -0.39 is 16.1 Å². The monoisotopic (exact) mass is 556 g/mol. The molecule has 0 fully saturated rings. The maximum atomic E-state index is 14.5. The van der Waals surface area contributed by atoms with Gasteiger partial charge in [-0.25, -0.2) is 13.4 Å². The Kier molecular flexibility index (Phi) is 8.07. The number of hydrogen-bond donors (Lipinski definition) is 0. The van der Waals surface area contributed by atoms with Gasteiger partial charge in [-0.05, 0) is 56.2 Å². The lowest BCUT2D eigenvalue weighted by molar-refractivity contribution is 0.179. The number of aryl methyl sites for hydroxylation is 1. The van der Waals surface area contributed by atoms with Crippen LogP contribution in [0, 0.1) is 6.92 Å². The smallest absolute Gasteiger partial charge is 0.266 e. The van der Waals surface area contributed by atoms with Crippen LogP contribution in [-0.4, -0.2) is 47.5 Å². The van der Waals surface area contributed by atoms with Crippen molar-refractivity contribution in [3.8, 4) is 5.69 Å². The van der Waals surface area contributed by atoms with Crippen molar-refractivity contribution in [1.82, 2.24) is 18.8 Å². The van der Waals surface area contributed by atoms with E-state index in [9.17, 15) is 13.2 Å². The Labute approximate surface area is 233 Å². The first-order valence-electron chi connectivity index (χ1n) is 13.3. The van der Waals surface area contributed by atoms with Gasteiger partial charge in [-0.1, -0.05) is 55.0 Å². The molecule has 0 saturated carbocycles. The number of benzene rings is 3. The summed E-state index contributed by atoms with van der Waals surface area (Å²) >= 11 is 0. The molecule has 3 aromatic carbocycles. The average Bonchev–Trinajstić information content (AvgIpc) is 2.97. The van der Waals surface area contributed by atoms with Gasteiger partial charge in [-0.15, -0.1) is 0 Å². The van der Waals surface area contributed by atoms with E-state index in [1.54, 1.807) is 54.3 Å². The lowest BCUT2D eigenvalue weighted by Gasteiger charge is -2.31. The van der Waals surface area contributed by atoms with Crippen LogP contribution in [-0.2, 0) is 14.8 Å². The van der Waals surface area contributed by atoms with Gasteiger partial charge >= 0.3 is 0 Å². The molecule has 8 nitrogen and oxygen atoms in total. The standard InChI is InChI=1S/C31H32N4O4S/c1-4-27(30-33-26-13-6-5-12-25(26)31(36)35(30)24-17-15-22(2)16-18-24)34(20-9-21-39-3)40(37,38)28-14-7-10-23-11-8-19-32-29(23)28/h5-8,10-19,27H,4,9,20-21H2,1-3H3. The third-order valence-corrected chi connectivity index (χ3v) is 8.98. The number of aromatic nitrogens is 3. The Morgan fingerprint density at radius 1 is 0.975 bits per heavy atom. The number of hydrogen-bond acceptors (Lipinski definition) is 6. The molecule has 5 aromatic rings. The highest BCUT2D eigenvalue weighted by atomic mass is 32.2. The molecule has 0 aliphatic carbocycles. The molecule has 0 N–H and O–H groups in total. The van der Waals surface area contributed by atoms with Gasteiger partial charge in [0.2, 0.25) is 10.0 Å². The molecule has 5 rings (SSSR count). The second kappa shape index (κ2) is 11.7. The lowest BCUT2D eigenvalue weighted by Crippen LogP contribution is -2.39. The molecule has 0 radical (unpaired) electrons. The van der Waals surface area contributed by atoms with Crippen LogP contribution in [0.25, 0.3) is 27.5 Å². The molecule has 0 aliphatic rings. The van der Waals surface area contributed by atoms with Crippen LogP contribution in [0.1, 0.15) is 37.2 Å². The molecule has 9 heteroatoms. The van der Waals surface area contributed by atoms with Crippen molar-refractivity contribution in [2.24, 2.45) is 0 Å². The largest absolute Gasteiger partial charge is 0.385 e. The van der Waals surface area contributed by atoms with Gasteiger partial charge in [-0.3, -0.25) is 14.3 Å². The quantitative estimate of drug-likeness (QED) is 0.213. The minimum atomic E-state index is -4.08. The number of para-hydroxylation sites is 2. The van der Waals surface area contributed by atoms with Crippen LogP contribution in [0.15, 0.2) is 94.7 Å². The topological polar surface area (TPSA) is 94.4 Å². The molecule has 0 spiro atoms. The molecule has 2 aromatic heterocycles. The molecule has 0 aliphatic heterocycles. The van der Waals surface area contributed by atoms with Crippen molar-refractivity contribution in [2.45, 2.75) is 37.6 Å². The third-order valence-electron chi connectivity index (χ3n) is 7.04. The number of ether oxygens (including phenoxy) is 1. The number of rotatable bonds is 10. The maximum absolute atomic E-state index is 14.5. The summed E-state index contributed by atoms with van der Waals surface area (Å²) in [6, 6.07) is 22.8. The summed E-state index contributed by atoms with van der Waals surface area (Å²) in [4.78, 5) is 23.4. The van der Waals surface area contributed by atoms with E-state index in [-0.39, 0.29) is 17.0 Å². The van der Waals surface area contributed by atoms with Crippen molar-refractivity contribution in [2.75, 3.05) is 20.3 Å². The molecular formula is C31H32N4O4S. The summed E-state index contributed by atoms with van der Waals surface area (Å²) in [6.45, 7) is 4.44. The van der Waals surface area contributed by atoms with Crippen molar-refractivity contribution >= 4 is 31.8 Å². The first-order chi connectivity index (χ1) is 19.4. The van der Waals surface area contributed by atoms with Crippen molar-refractivity contribution in [3.63, 3.8) is 0 Å². The minimum Gasteiger partial charge on any atom is -0.385 e. The fourth-order valence-electron chi connectivity index (χ4n) is 5.05. The molecule has 0 saturated heterocycles. The predicted octanol–water partition coefficient (Wildman–Crippen LogP) is 5.42. The van der Waals surface area contributed by atoms with Crippen LogP contribution in [0.2, 0.25) is 0 Å². The molecular weight excluding hydrogens is 524 g/mol. The predicted molar refractivity (Wildman–Crippen MR) is 157 cm³/mol. The molecule has 40 heavy (non-hydrogen) atoms. The van der Waals surface area contributed by atoms with E-state index >= 15 is 0 Å². The summed E-state index contributed by atoms with van der Waals surface area (Å²) in [7, 11) is -2.49. The first-order valence-corrected chi connectivity index (χ1v) is 14.7. The second-order valence-electron chi connectivity index (χ2n) is 9.68. The summed E-state index contributed by atoms with van der Waals surface area (Å²) < 4.78 is 37.3. The number of pyridine rings is 1. The highest BCUT2D eigenvalue weighted by molar-refractivity contribution is 7.89. The van der Waals surface area contributed by atoms with Gasteiger partial charge in [0, 0.05) is 31.8 Å². The average molecular weight is 557 g/mol. The molecule has 206 valence electrons. The Bertz CT molecular complexity index is 1810. The van der Waals surface area contributed by atoms with Gasteiger partial charge in [0.05, 0.1) is 28.1 Å². The number of sulfonamides is 1. The lowest BCUT2D eigenvalue weighted by atomic mass is 10.1. The van der Waals surface area contributed by atoms with Gasteiger partial charge in [-0.2, -0.15) is 4.31 Å². The summed E-state index contributed by atoms with van der Waals surface area (Å²) in [5.41, 5.74) is 2.35. The maximum Gasteiger partial charge on any atom is 0.266 e. The van der Waals surface area contributed by atoms with Gasteiger partial charge in [0.1, 0.15) is 10.7 Å². The van der Waals surface area contributed by atoms with Crippen molar-refractivity contribution in [1.29, 1.82) is 0 Å². The van der Waals surface area contributed by atoms with Crippen LogP contribution in [0.4, 0.5) is 0 Å². The van der Waals surface area contributed by atoms with Crippen molar-refractivity contribution in [3.05, 3.63) is 107 Å². The van der Waals surface area contributed by atoms with E-state index in [2.05, 4.69) is 4.98 Å². The Morgan fingerprint density at radius 2 is 1.73 bits per heavy atom. The SMILES string of the molecule is CCC(c1nc2ccccc2c(=O)n1-c1ccc(C)cc1)N(CCCOC)S(=O)(=O)c1cccc2cccnc12. The third kappa shape index (κ3) is 5.15. The van der Waals surface area contributed by atoms with E-state index in [0.717, 1.165) is 10.9 Å². The molecule has 2 heterocycles. The summed E-state index contributed by atoms with van der Waals surface area (Å²) in [5.74, 6) is 0.365. The molecule has 0 bridgehead atoms. The second-order valence-corrected chi connectivity index (χ2v) is 11.5. The number of methoxy groups -OCH3 is 1. The van der Waals surface area contributed by atoms with Crippen LogP contribution >= 0.6 is 0 Å². The number of fused-ring (bicyclic) bond motifs is 2. The molecule has 0 amide bonds. The molecule has 1 atom stereocenters. The highest BCUT2D eigenvalue weighted by Gasteiger charge is 2.35. The van der Waals surface area contributed by atoms with Gasteiger partial charge in [0.25, 0.3) is 5.56 Å². The van der Waals surface area contributed by atoms with Gasteiger partial charge < -0.3 is 4.74 Å². The fourth-order valence-corrected chi connectivity index (χ4v) is 6.92. The molecule has 1 unspecified atom stereocenters. The van der Waals surface area contributed by atoms with Crippen molar-refractivity contribution < 1.29 is 13.2 Å².